The van der Waals surface area contributed by atoms with E-state index in [0.29, 0.717) is 0 Å². The summed E-state index contributed by atoms with van der Waals surface area (Å²) < 4.78 is 0. The molecule has 0 aromatic carbocycles. The maximum Gasteiger partial charge on any atom is 0.488 e. The molecule has 1 aromatic rings. The summed E-state index contributed by atoms with van der Waals surface area (Å²) in [4.78, 5) is 12.9. The minimum atomic E-state index is -1.70. The molecule has 0 unspecified atom stereocenters. The van der Waals surface area contributed by atoms with Crippen LogP contribution >= 0.6 is 0 Å². The van der Waals surface area contributed by atoms with Crippen LogP contribution in [0.3, 0.4) is 0 Å². The molecule has 0 aliphatic carbocycles. The summed E-state index contributed by atoms with van der Waals surface area (Å²) in [5.41, 5.74) is 0.0525. The molecule has 7 heteroatoms. The van der Waals surface area contributed by atoms with E-state index in [2.05, 4.69) is 4.98 Å². The third kappa shape index (κ3) is 1.77. The number of aromatic nitrogens is 1. The van der Waals surface area contributed by atoms with Crippen molar-refractivity contribution >= 4 is 18.4 Å². The molecule has 1 heterocycles. The van der Waals surface area contributed by atoms with Gasteiger partial charge in [0.2, 0.25) is 0 Å². The number of nitro groups is 1. The Balaban J connectivity index is 3.04. The summed E-state index contributed by atoms with van der Waals surface area (Å²) in [7, 11) is -1.70. The maximum absolute atomic E-state index is 10.2. The quantitative estimate of drug-likeness (QED) is 0.324. The minimum Gasteiger partial charge on any atom is -0.423 e. The van der Waals surface area contributed by atoms with Crippen LogP contribution in [0.2, 0.25) is 0 Å². The van der Waals surface area contributed by atoms with Gasteiger partial charge in [0.1, 0.15) is 6.20 Å². The molecule has 6 nitrogen and oxygen atoms in total. The zero-order valence-corrected chi connectivity index (χ0v) is 5.91. The van der Waals surface area contributed by atoms with E-state index in [-0.39, 0.29) is 5.46 Å². The predicted molar refractivity (Wildman–Crippen MR) is 40.7 cm³/mol. The van der Waals surface area contributed by atoms with Gasteiger partial charge in [0.05, 0.1) is 0 Å². The van der Waals surface area contributed by atoms with Crippen molar-refractivity contribution in [3.05, 3.63) is 28.4 Å². The molecule has 0 amide bonds. The first-order chi connectivity index (χ1) is 5.61. The highest BCUT2D eigenvalue weighted by atomic mass is 16.6. The van der Waals surface area contributed by atoms with Gasteiger partial charge in [-0.15, -0.1) is 0 Å². The largest absolute Gasteiger partial charge is 0.488 e. The lowest BCUT2D eigenvalue weighted by atomic mass is 9.81. The van der Waals surface area contributed by atoms with Gasteiger partial charge in [0.25, 0.3) is 0 Å². The summed E-state index contributed by atoms with van der Waals surface area (Å²) >= 11 is 0. The normalized spacial score (nSPS) is 9.50. The van der Waals surface area contributed by atoms with Crippen LogP contribution in [-0.2, 0) is 0 Å². The molecule has 0 aliphatic rings. The average Bonchev–Trinajstić information content (AvgIpc) is 2.04. The highest BCUT2D eigenvalue weighted by Crippen LogP contribution is 2.01. The molecule has 62 valence electrons. The van der Waals surface area contributed by atoms with Crippen molar-refractivity contribution in [2.75, 3.05) is 0 Å². The van der Waals surface area contributed by atoms with Crippen molar-refractivity contribution in [1.29, 1.82) is 0 Å². The Morgan fingerprint density at radius 3 is 2.75 bits per heavy atom. The van der Waals surface area contributed by atoms with Gasteiger partial charge < -0.3 is 20.2 Å². The Labute approximate surface area is 67.8 Å². The molecule has 0 aliphatic heterocycles. The zero-order chi connectivity index (χ0) is 9.14. The molecular formula is C5H5BN2O4. The van der Waals surface area contributed by atoms with Gasteiger partial charge in [-0.05, 0) is 21.4 Å². The summed E-state index contributed by atoms with van der Waals surface area (Å²) in [5.74, 6) is -0.402. The molecule has 1 aromatic heterocycles. The molecule has 0 spiro atoms. The first-order valence-corrected chi connectivity index (χ1v) is 3.07. The van der Waals surface area contributed by atoms with Crippen LogP contribution in [0.1, 0.15) is 0 Å². The molecule has 0 fully saturated rings. The van der Waals surface area contributed by atoms with Crippen LogP contribution in [-0.4, -0.2) is 27.1 Å². The number of nitrogens with zero attached hydrogens (tertiary/aromatic N) is 2. The Morgan fingerprint density at radius 2 is 2.25 bits per heavy atom. The predicted octanol–water partition coefficient (Wildman–Crippen LogP) is -1.33. The van der Waals surface area contributed by atoms with Crippen molar-refractivity contribution in [2.24, 2.45) is 0 Å². The van der Waals surface area contributed by atoms with Crippen LogP contribution in [0.15, 0.2) is 18.3 Å². The number of hydrogen-bond donors (Lipinski definition) is 2. The SMILES string of the molecule is O=[N+]([O-])c1cc(B(O)O)ccn1. The van der Waals surface area contributed by atoms with Crippen molar-refractivity contribution in [1.82, 2.24) is 4.98 Å². The lowest BCUT2D eigenvalue weighted by molar-refractivity contribution is -0.389. The zero-order valence-electron chi connectivity index (χ0n) is 5.91. The maximum atomic E-state index is 10.2. The Kier molecular flexibility index (Phi) is 2.36. The molecule has 0 saturated heterocycles. The minimum absolute atomic E-state index is 0.0525. The van der Waals surface area contributed by atoms with Crippen molar-refractivity contribution < 1.29 is 15.0 Å². The van der Waals surface area contributed by atoms with E-state index < -0.39 is 17.9 Å². The lowest BCUT2D eigenvalue weighted by Crippen LogP contribution is -2.29. The van der Waals surface area contributed by atoms with Gasteiger partial charge >= 0.3 is 12.9 Å². The summed E-state index contributed by atoms with van der Waals surface area (Å²) in [5, 5.41) is 27.4. The second-order valence-corrected chi connectivity index (χ2v) is 2.08. The van der Waals surface area contributed by atoms with E-state index in [1.807, 2.05) is 0 Å². The monoisotopic (exact) mass is 168 g/mol. The van der Waals surface area contributed by atoms with Gasteiger partial charge in [-0.25, -0.2) is 0 Å². The highest BCUT2D eigenvalue weighted by molar-refractivity contribution is 6.58. The van der Waals surface area contributed by atoms with Crippen LogP contribution in [0.4, 0.5) is 5.82 Å². The van der Waals surface area contributed by atoms with E-state index >= 15 is 0 Å². The van der Waals surface area contributed by atoms with E-state index in [4.69, 9.17) is 10.0 Å². The second-order valence-electron chi connectivity index (χ2n) is 2.08. The summed E-state index contributed by atoms with van der Waals surface area (Å²) in [6.45, 7) is 0. The molecular weight excluding hydrogens is 163 g/mol. The third-order valence-electron chi connectivity index (χ3n) is 1.25. The van der Waals surface area contributed by atoms with Gasteiger partial charge in [-0.2, -0.15) is 0 Å². The smallest absolute Gasteiger partial charge is 0.423 e. The standard InChI is InChI=1S/C5H5BN2O4/c9-6(10)4-1-2-7-5(3-4)8(11)12/h1-3,9-10H. The first-order valence-electron chi connectivity index (χ1n) is 3.07. The van der Waals surface area contributed by atoms with Gasteiger partial charge in [0, 0.05) is 6.07 Å². The van der Waals surface area contributed by atoms with Crippen molar-refractivity contribution in [3.8, 4) is 0 Å². The Bertz CT molecular complexity index is 303. The summed E-state index contributed by atoms with van der Waals surface area (Å²) in [6, 6.07) is 2.29. The van der Waals surface area contributed by atoms with Gasteiger partial charge in [0.15, 0.2) is 0 Å². The van der Waals surface area contributed by atoms with Gasteiger partial charge in [-0.3, -0.25) is 0 Å². The number of pyridine rings is 1. The van der Waals surface area contributed by atoms with Crippen molar-refractivity contribution in [3.63, 3.8) is 0 Å². The Morgan fingerprint density at radius 1 is 1.58 bits per heavy atom. The first kappa shape index (κ1) is 8.63. The van der Waals surface area contributed by atoms with Crippen LogP contribution in [0, 0.1) is 10.1 Å². The fraction of sp³-hybridized carbons (Fsp3) is 0. The third-order valence-corrected chi connectivity index (χ3v) is 1.25. The average molecular weight is 168 g/mol. The van der Waals surface area contributed by atoms with E-state index in [0.717, 1.165) is 12.3 Å². The Hall–Kier alpha value is -1.47. The molecule has 2 N–H and O–H groups in total. The highest BCUT2D eigenvalue weighted by Gasteiger charge is 2.15. The van der Waals surface area contributed by atoms with E-state index in [9.17, 15) is 10.1 Å². The van der Waals surface area contributed by atoms with Crippen molar-refractivity contribution in [2.45, 2.75) is 0 Å². The molecule has 0 saturated carbocycles. The van der Waals surface area contributed by atoms with E-state index in [1.165, 1.54) is 6.07 Å². The second kappa shape index (κ2) is 3.29. The van der Waals surface area contributed by atoms with Crippen LogP contribution in [0.5, 0.6) is 0 Å². The molecule has 0 radical (unpaired) electrons. The van der Waals surface area contributed by atoms with Gasteiger partial charge in [-0.1, -0.05) is 0 Å². The number of hydrogen-bond acceptors (Lipinski definition) is 5. The fourth-order valence-corrected chi connectivity index (χ4v) is 0.695. The number of rotatable bonds is 2. The molecule has 0 atom stereocenters. The lowest BCUT2D eigenvalue weighted by Gasteiger charge is -1.96. The molecule has 0 bridgehead atoms. The molecule has 1 rings (SSSR count). The van der Waals surface area contributed by atoms with Crippen LogP contribution < -0.4 is 5.46 Å². The van der Waals surface area contributed by atoms with Crippen LogP contribution in [0.25, 0.3) is 0 Å². The fourth-order valence-electron chi connectivity index (χ4n) is 0.695. The molecule has 12 heavy (non-hydrogen) atoms. The van der Waals surface area contributed by atoms with E-state index in [1.54, 1.807) is 0 Å². The summed E-state index contributed by atoms with van der Waals surface area (Å²) in [6.07, 6.45) is 1.15. The topological polar surface area (TPSA) is 96.5 Å².